The zero-order valence-corrected chi connectivity index (χ0v) is 9.30. The fourth-order valence-corrected chi connectivity index (χ4v) is 0. The van der Waals surface area contributed by atoms with Crippen molar-refractivity contribution >= 4 is 79.5 Å². The molecule has 0 aliphatic heterocycles. The SMILES string of the molecule is O=P(O)(O)O.[BiH3].[SrH2]. The molecule has 7 heavy (non-hydrogen) atoms. The van der Waals surface area contributed by atoms with Gasteiger partial charge in [-0.1, -0.05) is 0 Å². The van der Waals surface area contributed by atoms with Crippen molar-refractivity contribution < 1.29 is 19.2 Å². The molecule has 44 valence electrons. The summed E-state index contributed by atoms with van der Waals surface area (Å²) in [6.07, 6.45) is 0. The Morgan fingerprint density at radius 1 is 1.14 bits per heavy atom. The Labute approximate surface area is 96.9 Å². The van der Waals surface area contributed by atoms with E-state index in [9.17, 15) is 0 Å². The van der Waals surface area contributed by atoms with Crippen LogP contribution in [0, 0.1) is 0 Å². The number of hydrogen-bond acceptors (Lipinski definition) is 1. The zero-order valence-electron chi connectivity index (χ0n) is 2.90. The van der Waals surface area contributed by atoms with E-state index in [1.807, 2.05) is 0 Å². The van der Waals surface area contributed by atoms with Crippen LogP contribution in [0.25, 0.3) is 0 Å². The molecule has 0 spiro atoms. The molecule has 0 saturated heterocycles. The van der Waals surface area contributed by atoms with Gasteiger partial charge in [-0.15, -0.1) is 0 Å². The average molecular weight is 400 g/mol. The molecule has 0 aromatic rings. The first kappa shape index (κ1) is 16.2. The van der Waals surface area contributed by atoms with Gasteiger partial charge in [-0.2, -0.15) is 0 Å². The first-order valence-corrected chi connectivity index (χ1v) is 2.35. The minimum absolute atomic E-state index is 0. The predicted octanol–water partition coefficient (Wildman–Crippen LogP) is -3.03. The van der Waals surface area contributed by atoms with E-state index in [4.69, 9.17) is 19.2 Å². The van der Waals surface area contributed by atoms with Gasteiger partial charge in [-0.25, -0.2) is 4.57 Å². The molecule has 0 saturated carbocycles. The molecular formula is H8BiO4PSr. The number of hydrogen-bond donors (Lipinski definition) is 3. The van der Waals surface area contributed by atoms with Gasteiger partial charge in [0.2, 0.25) is 0 Å². The van der Waals surface area contributed by atoms with Crippen LogP contribution in [-0.4, -0.2) is 86.4 Å². The van der Waals surface area contributed by atoms with E-state index < -0.39 is 7.82 Å². The topological polar surface area (TPSA) is 77.8 Å². The van der Waals surface area contributed by atoms with Crippen molar-refractivity contribution in [1.29, 1.82) is 0 Å². The maximum atomic E-state index is 8.88. The summed E-state index contributed by atoms with van der Waals surface area (Å²) in [6, 6.07) is 0. The predicted molar refractivity (Wildman–Crippen MR) is 32.7 cm³/mol. The summed E-state index contributed by atoms with van der Waals surface area (Å²) < 4.78 is 8.88. The van der Waals surface area contributed by atoms with E-state index in [0.717, 1.165) is 0 Å². The van der Waals surface area contributed by atoms with Crippen molar-refractivity contribution in [1.82, 2.24) is 0 Å². The molecule has 0 amide bonds. The zero-order chi connectivity index (χ0) is 4.50. The van der Waals surface area contributed by atoms with Crippen LogP contribution < -0.4 is 0 Å². The molecule has 0 unspecified atom stereocenters. The molecule has 3 N–H and O–H groups in total. The van der Waals surface area contributed by atoms with Crippen molar-refractivity contribution in [2.45, 2.75) is 0 Å². The van der Waals surface area contributed by atoms with Crippen LogP contribution in [0.4, 0.5) is 0 Å². The van der Waals surface area contributed by atoms with Crippen LogP contribution in [0.5, 0.6) is 0 Å². The Morgan fingerprint density at radius 2 is 1.14 bits per heavy atom. The average Bonchev–Trinajstić information content (AvgIpc) is 0.722. The van der Waals surface area contributed by atoms with Crippen molar-refractivity contribution in [3.8, 4) is 0 Å². The Hall–Kier alpha value is 2.47. The van der Waals surface area contributed by atoms with E-state index in [1.165, 1.54) is 0 Å². The monoisotopic (exact) mass is 400 g/mol. The first-order valence-electron chi connectivity index (χ1n) is 0.783. The van der Waals surface area contributed by atoms with E-state index in [2.05, 4.69) is 0 Å². The van der Waals surface area contributed by atoms with Crippen LogP contribution in [0.1, 0.15) is 0 Å². The van der Waals surface area contributed by atoms with Gasteiger partial charge in [-0.3, -0.25) is 0 Å². The van der Waals surface area contributed by atoms with Gasteiger partial charge in [0.25, 0.3) is 0 Å². The first-order chi connectivity index (χ1) is 2.00. The molecule has 0 aromatic heterocycles. The summed E-state index contributed by atoms with van der Waals surface area (Å²) in [6.45, 7) is 0. The van der Waals surface area contributed by atoms with Crippen LogP contribution in [0.3, 0.4) is 0 Å². The third-order valence-corrected chi connectivity index (χ3v) is 0. The molecule has 0 aliphatic rings. The van der Waals surface area contributed by atoms with Crippen molar-refractivity contribution in [2.75, 3.05) is 0 Å². The molecule has 0 bridgehead atoms. The second-order valence-electron chi connectivity index (χ2n) is 0.513. The minimum atomic E-state index is -4.64. The summed E-state index contributed by atoms with van der Waals surface area (Å²) in [7, 11) is -4.64. The van der Waals surface area contributed by atoms with Gasteiger partial charge in [0, 0.05) is 0 Å². The fourth-order valence-electron chi connectivity index (χ4n) is 0. The van der Waals surface area contributed by atoms with Crippen LogP contribution in [0.15, 0.2) is 0 Å². The molecule has 0 radical (unpaired) electrons. The third kappa shape index (κ3) is 58.0. The van der Waals surface area contributed by atoms with Crippen molar-refractivity contribution in [3.05, 3.63) is 0 Å². The fraction of sp³-hybridized carbons (Fsp3) is 0. The van der Waals surface area contributed by atoms with Gasteiger partial charge in [-0.05, 0) is 0 Å². The van der Waals surface area contributed by atoms with Crippen LogP contribution >= 0.6 is 7.82 Å². The van der Waals surface area contributed by atoms with E-state index in [-0.39, 0.29) is 71.7 Å². The van der Waals surface area contributed by atoms with Gasteiger partial charge in [0.1, 0.15) is 0 Å². The normalized spacial score (nSPS) is 8.43. The summed E-state index contributed by atoms with van der Waals surface area (Å²) in [4.78, 5) is 21.6. The van der Waals surface area contributed by atoms with Crippen molar-refractivity contribution in [3.63, 3.8) is 0 Å². The van der Waals surface area contributed by atoms with Gasteiger partial charge in [0.15, 0.2) is 0 Å². The Kier molecular flexibility index (Phi) is 15.3. The third-order valence-electron chi connectivity index (χ3n) is 0. The van der Waals surface area contributed by atoms with Gasteiger partial charge in [0.05, 0.1) is 0 Å². The molecule has 0 aromatic carbocycles. The quantitative estimate of drug-likeness (QED) is 0.299. The van der Waals surface area contributed by atoms with Gasteiger partial charge >= 0.3 is 79.5 Å². The molecule has 0 heterocycles. The summed E-state index contributed by atoms with van der Waals surface area (Å²) in [5.41, 5.74) is 0. The Morgan fingerprint density at radius 3 is 1.14 bits per heavy atom. The standard InChI is InChI=1S/Bi.H3O4P.Sr.5H/c;1-5(2,3)4;;;;;;/h;(H3,1,2,3,4);;;;;;. The van der Waals surface area contributed by atoms with E-state index in [1.54, 1.807) is 0 Å². The van der Waals surface area contributed by atoms with Crippen molar-refractivity contribution in [2.24, 2.45) is 0 Å². The molecular weight excluding hydrogens is 392 g/mol. The molecule has 7 heteroatoms. The number of rotatable bonds is 0. The second-order valence-corrected chi connectivity index (χ2v) is 1.54. The number of phosphoric acid groups is 1. The van der Waals surface area contributed by atoms with E-state index >= 15 is 0 Å². The molecule has 4 nitrogen and oxygen atoms in total. The second kappa shape index (κ2) is 6.59. The molecule has 0 fully saturated rings. The maximum absolute atomic E-state index is 8.88. The summed E-state index contributed by atoms with van der Waals surface area (Å²) >= 11 is 0. The molecule has 0 aliphatic carbocycles. The van der Waals surface area contributed by atoms with E-state index in [0.29, 0.717) is 0 Å². The summed E-state index contributed by atoms with van der Waals surface area (Å²) in [5.74, 6) is 0. The van der Waals surface area contributed by atoms with Crippen LogP contribution in [-0.2, 0) is 4.57 Å². The van der Waals surface area contributed by atoms with Crippen LogP contribution in [0.2, 0.25) is 0 Å². The molecule has 0 atom stereocenters. The van der Waals surface area contributed by atoms with Gasteiger partial charge < -0.3 is 14.7 Å². The molecule has 0 rings (SSSR count). The summed E-state index contributed by atoms with van der Waals surface area (Å²) in [5, 5.41) is 0. The Balaban J connectivity index is -0.0000000800. The Bertz CT molecular complexity index is 57.8.